The number of ether oxygens (including phenoxy) is 1. The first-order valence-corrected chi connectivity index (χ1v) is 9.88. The molecule has 1 fully saturated rings. The summed E-state index contributed by atoms with van der Waals surface area (Å²) in [4.78, 5) is 18.2. The zero-order chi connectivity index (χ0) is 19.5. The zero-order valence-electron chi connectivity index (χ0n) is 16.1. The maximum atomic E-state index is 14.7. The minimum absolute atomic E-state index is 0.0394. The average Bonchev–Trinajstić information content (AvgIpc) is 3.17. The molecule has 1 amide bonds. The number of para-hydroxylation sites is 1. The van der Waals surface area contributed by atoms with Gasteiger partial charge in [-0.25, -0.2) is 4.39 Å². The lowest BCUT2D eigenvalue weighted by Gasteiger charge is -2.28. The molecule has 2 heterocycles. The fourth-order valence-corrected chi connectivity index (χ4v) is 4.08. The summed E-state index contributed by atoms with van der Waals surface area (Å²) in [6.45, 7) is 4.42. The molecule has 4 rings (SSSR count). The Bertz CT molecular complexity index is 976. The molecule has 1 N–H and O–H groups in total. The van der Waals surface area contributed by atoms with Crippen molar-refractivity contribution >= 4 is 16.8 Å². The fourth-order valence-electron chi connectivity index (χ4n) is 4.08. The van der Waals surface area contributed by atoms with Gasteiger partial charge in [0.25, 0.3) is 0 Å². The first-order valence-electron chi connectivity index (χ1n) is 9.88. The molecule has 5 heteroatoms. The van der Waals surface area contributed by atoms with Crippen LogP contribution in [0.15, 0.2) is 48.7 Å². The van der Waals surface area contributed by atoms with E-state index in [0.29, 0.717) is 31.9 Å². The van der Waals surface area contributed by atoms with E-state index in [1.165, 1.54) is 11.6 Å². The molecular formula is C23H25FN2O2. The van der Waals surface area contributed by atoms with Crippen molar-refractivity contribution in [1.82, 2.24) is 9.88 Å². The van der Waals surface area contributed by atoms with Crippen LogP contribution in [0.5, 0.6) is 0 Å². The number of amides is 1. The number of hydrogen-bond acceptors (Lipinski definition) is 2. The summed E-state index contributed by atoms with van der Waals surface area (Å²) in [6, 6.07) is 12.9. The third-order valence-electron chi connectivity index (χ3n) is 5.61. The number of carbonyl (C=O) groups excluding carboxylic acids is 1. The number of rotatable bonds is 5. The first-order chi connectivity index (χ1) is 13.7. The Morgan fingerprint density at radius 1 is 1.14 bits per heavy atom. The lowest BCUT2D eigenvalue weighted by molar-refractivity contribution is -0.135. The zero-order valence-corrected chi connectivity index (χ0v) is 16.1. The van der Waals surface area contributed by atoms with E-state index in [9.17, 15) is 9.18 Å². The predicted molar refractivity (Wildman–Crippen MR) is 108 cm³/mol. The number of H-pyrrole nitrogens is 1. The molecular weight excluding hydrogens is 355 g/mol. The van der Waals surface area contributed by atoms with Gasteiger partial charge < -0.3 is 14.6 Å². The molecule has 0 aliphatic carbocycles. The van der Waals surface area contributed by atoms with Crippen LogP contribution in [0.3, 0.4) is 0 Å². The molecule has 1 aliphatic rings. The van der Waals surface area contributed by atoms with Crippen LogP contribution in [0.4, 0.5) is 4.39 Å². The van der Waals surface area contributed by atoms with E-state index in [2.05, 4.69) is 18.0 Å². The molecule has 1 saturated heterocycles. The van der Waals surface area contributed by atoms with Gasteiger partial charge in [0.15, 0.2) is 0 Å². The molecule has 2 aromatic carbocycles. The van der Waals surface area contributed by atoms with E-state index in [1.807, 2.05) is 29.3 Å². The second-order valence-corrected chi connectivity index (χ2v) is 7.21. The molecule has 4 nitrogen and oxygen atoms in total. The first kappa shape index (κ1) is 18.7. The topological polar surface area (TPSA) is 45.3 Å². The fraction of sp³-hybridized carbons (Fsp3) is 0.348. The second kappa shape index (κ2) is 8.15. The van der Waals surface area contributed by atoms with Crippen molar-refractivity contribution in [2.75, 3.05) is 26.3 Å². The number of nitrogens with zero attached hydrogens (tertiary/aromatic N) is 1. The number of benzene rings is 2. The molecule has 0 radical (unpaired) electrons. The molecule has 1 aliphatic heterocycles. The van der Waals surface area contributed by atoms with Gasteiger partial charge in [-0.15, -0.1) is 0 Å². The maximum absolute atomic E-state index is 14.7. The van der Waals surface area contributed by atoms with Crippen LogP contribution in [-0.2, 0) is 16.0 Å². The normalized spacial score (nSPS) is 15.7. The minimum Gasteiger partial charge on any atom is -0.378 e. The lowest BCUT2D eigenvalue weighted by Crippen LogP contribution is -2.41. The Hall–Kier alpha value is -2.66. The standard InChI is InChI=1S/C23H25FN2O2/c1-2-16-6-5-8-18-20(15-25-23(16)18)19(17-7-3-4-9-21(17)24)14-22(27)26-10-12-28-13-11-26/h3-9,15,19,25H,2,10-14H2,1H3/t19-/m1/s1. The van der Waals surface area contributed by atoms with Gasteiger partial charge in [0.1, 0.15) is 5.82 Å². The number of morpholine rings is 1. The number of nitrogens with one attached hydrogen (secondary N) is 1. The summed E-state index contributed by atoms with van der Waals surface area (Å²) in [7, 11) is 0. The van der Waals surface area contributed by atoms with E-state index >= 15 is 0 Å². The van der Waals surface area contributed by atoms with Crippen LogP contribution >= 0.6 is 0 Å². The van der Waals surface area contributed by atoms with Crippen molar-refractivity contribution in [3.8, 4) is 0 Å². The third-order valence-corrected chi connectivity index (χ3v) is 5.61. The number of hydrogen-bond donors (Lipinski definition) is 1. The summed E-state index contributed by atoms with van der Waals surface area (Å²) in [5.41, 5.74) is 3.82. The summed E-state index contributed by atoms with van der Waals surface area (Å²) in [6.07, 6.45) is 3.09. The number of aromatic nitrogens is 1. The number of halogens is 1. The summed E-state index contributed by atoms with van der Waals surface area (Å²) >= 11 is 0. The van der Waals surface area contributed by atoms with E-state index in [1.54, 1.807) is 12.1 Å². The number of fused-ring (bicyclic) bond motifs is 1. The van der Waals surface area contributed by atoms with Crippen LogP contribution in [0.2, 0.25) is 0 Å². The highest BCUT2D eigenvalue weighted by Crippen LogP contribution is 2.36. The Labute approximate surface area is 164 Å². The summed E-state index contributed by atoms with van der Waals surface area (Å²) in [5, 5.41) is 1.06. The quantitative estimate of drug-likeness (QED) is 0.719. The Morgan fingerprint density at radius 2 is 1.93 bits per heavy atom. The van der Waals surface area contributed by atoms with Gasteiger partial charge in [-0.1, -0.05) is 43.3 Å². The van der Waals surface area contributed by atoms with Gasteiger partial charge in [0, 0.05) is 42.5 Å². The van der Waals surface area contributed by atoms with Gasteiger partial charge in [0.05, 0.1) is 13.2 Å². The molecule has 0 unspecified atom stereocenters. The van der Waals surface area contributed by atoms with Crippen molar-refractivity contribution in [1.29, 1.82) is 0 Å². The van der Waals surface area contributed by atoms with Gasteiger partial charge in [-0.05, 0) is 29.2 Å². The summed E-state index contributed by atoms with van der Waals surface area (Å²) < 4.78 is 20.1. The van der Waals surface area contributed by atoms with Crippen molar-refractivity contribution in [3.63, 3.8) is 0 Å². The minimum atomic E-state index is -0.336. The monoisotopic (exact) mass is 380 g/mol. The average molecular weight is 380 g/mol. The smallest absolute Gasteiger partial charge is 0.223 e. The number of carbonyl (C=O) groups is 1. The van der Waals surface area contributed by atoms with Gasteiger partial charge in [-0.3, -0.25) is 4.79 Å². The lowest BCUT2D eigenvalue weighted by atomic mass is 9.87. The van der Waals surface area contributed by atoms with Crippen LogP contribution in [0.1, 0.15) is 36.0 Å². The van der Waals surface area contributed by atoms with Crippen LogP contribution in [0.25, 0.3) is 10.9 Å². The second-order valence-electron chi connectivity index (χ2n) is 7.21. The van der Waals surface area contributed by atoms with Crippen molar-refractivity contribution in [2.24, 2.45) is 0 Å². The van der Waals surface area contributed by atoms with Gasteiger partial charge in [-0.2, -0.15) is 0 Å². The third kappa shape index (κ3) is 3.54. The van der Waals surface area contributed by atoms with Crippen LogP contribution in [0, 0.1) is 5.82 Å². The van der Waals surface area contributed by atoms with E-state index in [-0.39, 0.29) is 24.1 Å². The Balaban J connectivity index is 1.75. The van der Waals surface area contributed by atoms with Crippen molar-refractivity contribution in [2.45, 2.75) is 25.7 Å². The molecule has 1 atom stereocenters. The highest BCUT2D eigenvalue weighted by atomic mass is 19.1. The molecule has 28 heavy (non-hydrogen) atoms. The molecule has 3 aromatic rings. The van der Waals surface area contributed by atoms with E-state index < -0.39 is 0 Å². The number of aryl methyl sites for hydroxylation is 1. The summed E-state index contributed by atoms with van der Waals surface area (Å²) in [5.74, 6) is -0.571. The van der Waals surface area contributed by atoms with E-state index in [4.69, 9.17) is 4.74 Å². The highest BCUT2D eigenvalue weighted by molar-refractivity contribution is 5.88. The van der Waals surface area contributed by atoms with Crippen LogP contribution in [-0.4, -0.2) is 42.1 Å². The molecule has 0 saturated carbocycles. The maximum Gasteiger partial charge on any atom is 0.223 e. The Kier molecular flexibility index (Phi) is 5.44. The van der Waals surface area contributed by atoms with E-state index in [0.717, 1.165) is 22.9 Å². The highest BCUT2D eigenvalue weighted by Gasteiger charge is 2.27. The molecule has 146 valence electrons. The predicted octanol–water partition coefficient (Wildman–Crippen LogP) is 4.25. The number of aromatic amines is 1. The SMILES string of the molecule is CCc1cccc2c([C@H](CC(=O)N3CCOCC3)c3ccccc3F)c[nH]c12. The van der Waals surface area contributed by atoms with Crippen LogP contribution < -0.4 is 0 Å². The van der Waals surface area contributed by atoms with Gasteiger partial charge in [0.2, 0.25) is 5.91 Å². The molecule has 0 bridgehead atoms. The van der Waals surface area contributed by atoms with Gasteiger partial charge >= 0.3 is 0 Å². The van der Waals surface area contributed by atoms with Crippen molar-refractivity contribution in [3.05, 3.63) is 71.2 Å². The molecule has 1 aromatic heterocycles. The molecule has 0 spiro atoms. The Morgan fingerprint density at radius 3 is 2.68 bits per heavy atom. The largest absolute Gasteiger partial charge is 0.378 e. The van der Waals surface area contributed by atoms with Crippen molar-refractivity contribution < 1.29 is 13.9 Å².